The van der Waals surface area contributed by atoms with Gasteiger partial charge in [0.1, 0.15) is 0 Å². The number of rotatable bonds is 6. The monoisotopic (exact) mass is 296 g/mol. The van der Waals surface area contributed by atoms with Crippen LogP contribution in [0.4, 0.5) is 0 Å². The van der Waals surface area contributed by atoms with Gasteiger partial charge < -0.3 is 0 Å². The summed E-state index contributed by atoms with van der Waals surface area (Å²) in [6.07, 6.45) is 21.5. The van der Waals surface area contributed by atoms with Gasteiger partial charge in [0.15, 0.2) is 0 Å². The van der Waals surface area contributed by atoms with Crippen LogP contribution in [-0.2, 0) is 0 Å². The molecule has 0 radical (unpaired) electrons. The van der Waals surface area contributed by atoms with E-state index in [0.29, 0.717) is 10.8 Å². The molecule has 3 aliphatic carbocycles. The molecule has 0 heterocycles. The number of allylic oxidation sites excluding steroid dienone is 8. The molecule has 0 aliphatic heterocycles. The van der Waals surface area contributed by atoms with Gasteiger partial charge in [-0.3, -0.25) is 0 Å². The summed E-state index contributed by atoms with van der Waals surface area (Å²) < 4.78 is 0. The van der Waals surface area contributed by atoms with Crippen LogP contribution in [-0.4, -0.2) is 0 Å². The molecule has 0 amide bonds. The number of fused-ring (bicyclic) bond motifs is 1. The van der Waals surface area contributed by atoms with Crippen LogP contribution in [0.5, 0.6) is 0 Å². The largest absolute Gasteiger partial charge is 0.0874 e. The molecule has 2 atom stereocenters. The van der Waals surface area contributed by atoms with E-state index in [1.165, 1.54) is 44.9 Å². The summed E-state index contributed by atoms with van der Waals surface area (Å²) >= 11 is 0. The fourth-order valence-corrected chi connectivity index (χ4v) is 5.19. The molecule has 1 saturated carbocycles. The molecule has 0 N–H and O–H groups in total. The van der Waals surface area contributed by atoms with Crippen molar-refractivity contribution >= 4 is 0 Å². The Kier molecular flexibility index (Phi) is 4.23. The lowest BCUT2D eigenvalue weighted by Crippen LogP contribution is -2.46. The van der Waals surface area contributed by atoms with Gasteiger partial charge in [0.2, 0.25) is 0 Å². The minimum absolute atomic E-state index is 0.417. The van der Waals surface area contributed by atoms with Crippen molar-refractivity contribution in [3.8, 4) is 0 Å². The Morgan fingerprint density at radius 2 is 1.95 bits per heavy atom. The molecule has 0 heteroatoms. The average Bonchev–Trinajstić information content (AvgIpc) is 2.48. The Hall–Kier alpha value is -1.04. The summed E-state index contributed by atoms with van der Waals surface area (Å²) in [5.74, 6) is 0.830. The van der Waals surface area contributed by atoms with Crippen LogP contribution < -0.4 is 0 Å². The van der Waals surface area contributed by atoms with Crippen LogP contribution in [0.15, 0.2) is 47.1 Å². The molecule has 0 bridgehead atoms. The van der Waals surface area contributed by atoms with Crippen LogP contribution in [0.25, 0.3) is 0 Å². The van der Waals surface area contributed by atoms with E-state index in [1.54, 1.807) is 16.7 Å². The number of hydrogen-bond donors (Lipinski definition) is 0. The summed E-state index contributed by atoms with van der Waals surface area (Å²) in [7, 11) is 0. The van der Waals surface area contributed by atoms with Crippen molar-refractivity contribution < 1.29 is 0 Å². The fourth-order valence-electron chi connectivity index (χ4n) is 5.19. The van der Waals surface area contributed by atoms with Gasteiger partial charge >= 0.3 is 0 Å². The summed E-state index contributed by atoms with van der Waals surface area (Å²) in [5, 5.41) is 0. The standard InChI is InChI=1S/C22H32/c1-5-8-18-16-21(11-6-2,12-7-3)17(4)15-20(18)22-13-9-19(22)10-14-22/h5,8-9,13,15,19H,6-7,10-12,14,16H2,1-4H3. The minimum atomic E-state index is 0.417. The lowest BCUT2D eigenvalue weighted by atomic mass is 9.48. The Labute approximate surface area is 137 Å². The first kappa shape index (κ1) is 15.8. The first-order chi connectivity index (χ1) is 10.6. The molecule has 0 aromatic carbocycles. The second-order valence-corrected chi connectivity index (χ2v) is 7.77. The van der Waals surface area contributed by atoms with Gasteiger partial charge in [0, 0.05) is 5.41 Å². The lowest BCUT2D eigenvalue weighted by molar-refractivity contribution is 0.137. The van der Waals surface area contributed by atoms with Gasteiger partial charge in [-0.1, -0.05) is 62.6 Å². The molecular weight excluding hydrogens is 264 g/mol. The van der Waals surface area contributed by atoms with Crippen LogP contribution in [0.2, 0.25) is 0 Å². The van der Waals surface area contributed by atoms with Crippen molar-refractivity contribution in [1.82, 2.24) is 0 Å². The van der Waals surface area contributed by atoms with Crippen molar-refractivity contribution in [2.75, 3.05) is 0 Å². The van der Waals surface area contributed by atoms with Crippen LogP contribution in [0.1, 0.15) is 72.6 Å². The highest BCUT2D eigenvalue weighted by molar-refractivity contribution is 5.52. The molecule has 0 aromatic rings. The van der Waals surface area contributed by atoms with Gasteiger partial charge in [-0.15, -0.1) is 0 Å². The Morgan fingerprint density at radius 3 is 2.36 bits per heavy atom. The highest BCUT2D eigenvalue weighted by atomic mass is 14.6. The van der Waals surface area contributed by atoms with E-state index < -0.39 is 0 Å². The van der Waals surface area contributed by atoms with Crippen molar-refractivity contribution in [2.24, 2.45) is 16.7 Å². The summed E-state index contributed by atoms with van der Waals surface area (Å²) in [4.78, 5) is 0. The molecule has 0 nitrogen and oxygen atoms in total. The zero-order chi connectivity index (χ0) is 15.8. The zero-order valence-electron chi connectivity index (χ0n) is 14.9. The SMILES string of the molecule is CC=CC1=C(C23C=CC2CC3)C=C(C)C(CCC)(CCC)C1. The lowest BCUT2D eigenvalue weighted by Gasteiger charge is -2.56. The molecular formula is C22H32. The number of hydrogen-bond acceptors (Lipinski definition) is 0. The smallest absolute Gasteiger partial charge is 0.0198 e. The van der Waals surface area contributed by atoms with Crippen LogP contribution in [0, 0.1) is 16.7 Å². The second kappa shape index (κ2) is 5.87. The van der Waals surface area contributed by atoms with E-state index in [4.69, 9.17) is 0 Å². The maximum absolute atomic E-state index is 2.60. The topological polar surface area (TPSA) is 0 Å². The summed E-state index contributed by atoms with van der Waals surface area (Å²) in [6, 6.07) is 0. The Balaban J connectivity index is 2.01. The van der Waals surface area contributed by atoms with Gasteiger partial charge in [-0.25, -0.2) is 0 Å². The predicted octanol–water partition coefficient (Wildman–Crippen LogP) is 6.76. The van der Waals surface area contributed by atoms with Crippen LogP contribution >= 0.6 is 0 Å². The molecule has 0 spiro atoms. The molecule has 3 rings (SSSR count). The Morgan fingerprint density at radius 1 is 1.23 bits per heavy atom. The molecule has 3 aliphatic rings. The third-order valence-electron chi connectivity index (χ3n) is 6.56. The van der Waals surface area contributed by atoms with Gasteiger partial charge in [0.25, 0.3) is 0 Å². The highest BCUT2D eigenvalue weighted by Gasteiger charge is 2.52. The third-order valence-corrected chi connectivity index (χ3v) is 6.56. The summed E-state index contributed by atoms with van der Waals surface area (Å²) in [6.45, 7) is 9.26. The van der Waals surface area contributed by atoms with Crippen molar-refractivity contribution in [3.63, 3.8) is 0 Å². The van der Waals surface area contributed by atoms with E-state index in [-0.39, 0.29) is 0 Å². The summed E-state index contributed by atoms with van der Waals surface area (Å²) in [5.41, 5.74) is 5.78. The predicted molar refractivity (Wildman–Crippen MR) is 96.8 cm³/mol. The Bertz CT molecular complexity index is 549. The molecule has 22 heavy (non-hydrogen) atoms. The van der Waals surface area contributed by atoms with Gasteiger partial charge in [0.05, 0.1) is 0 Å². The first-order valence-corrected chi connectivity index (χ1v) is 9.36. The van der Waals surface area contributed by atoms with E-state index >= 15 is 0 Å². The first-order valence-electron chi connectivity index (χ1n) is 9.36. The van der Waals surface area contributed by atoms with E-state index in [9.17, 15) is 0 Å². The molecule has 0 aromatic heterocycles. The van der Waals surface area contributed by atoms with E-state index in [0.717, 1.165) is 5.92 Å². The second-order valence-electron chi connectivity index (χ2n) is 7.77. The molecule has 0 saturated heterocycles. The van der Waals surface area contributed by atoms with Crippen molar-refractivity contribution in [1.29, 1.82) is 0 Å². The van der Waals surface area contributed by atoms with Gasteiger partial charge in [-0.2, -0.15) is 0 Å². The van der Waals surface area contributed by atoms with Gasteiger partial charge in [-0.05, 0) is 68.4 Å². The third kappa shape index (κ3) is 2.18. The van der Waals surface area contributed by atoms with E-state index in [2.05, 4.69) is 58.1 Å². The minimum Gasteiger partial charge on any atom is -0.0874 e. The maximum atomic E-state index is 2.60. The molecule has 1 fully saturated rings. The average molecular weight is 296 g/mol. The van der Waals surface area contributed by atoms with E-state index in [1.807, 2.05) is 0 Å². The fraction of sp³-hybridized carbons (Fsp3) is 0.636. The quantitative estimate of drug-likeness (QED) is 0.475. The molecule has 120 valence electrons. The highest BCUT2D eigenvalue weighted by Crippen LogP contribution is 2.63. The van der Waals surface area contributed by atoms with Crippen molar-refractivity contribution in [2.45, 2.75) is 72.6 Å². The molecule has 2 unspecified atom stereocenters. The van der Waals surface area contributed by atoms with Crippen molar-refractivity contribution in [3.05, 3.63) is 47.1 Å². The van der Waals surface area contributed by atoms with Crippen LogP contribution in [0.3, 0.4) is 0 Å². The normalized spacial score (nSPS) is 32.5. The zero-order valence-corrected chi connectivity index (χ0v) is 14.9. The maximum Gasteiger partial charge on any atom is 0.0198 e.